The summed E-state index contributed by atoms with van der Waals surface area (Å²) in [6, 6.07) is 0. The summed E-state index contributed by atoms with van der Waals surface area (Å²) in [7, 11) is -4.81. The maximum atomic E-state index is 12.4. The Bertz CT molecular complexity index is 1350. The largest absolute Gasteiger partial charge is 0.469 e. The van der Waals surface area contributed by atoms with E-state index in [2.05, 4.69) is 60.1 Å². The van der Waals surface area contributed by atoms with Gasteiger partial charge in [-0.05, 0) is 77.0 Å². The number of phosphoric acid groups is 1. The van der Waals surface area contributed by atoms with Crippen LogP contribution in [-0.4, -0.2) is 63.5 Å². The Kier molecular flexibility index (Phi) is 35.8. The Morgan fingerprint density at radius 3 is 1.61 bits per heavy atom. The number of aliphatic hydroxyl groups excluding tert-OH is 2. The lowest BCUT2D eigenvalue weighted by Gasteiger charge is -2.18. The molecule has 4 N–H and O–H groups in total. The van der Waals surface area contributed by atoms with E-state index in [1.165, 1.54) is 0 Å². The van der Waals surface area contributed by atoms with Crippen molar-refractivity contribution in [1.29, 1.82) is 0 Å². The Balaban J connectivity index is 4.26. The van der Waals surface area contributed by atoms with E-state index in [1.807, 2.05) is 43.4 Å². The average Bonchev–Trinajstić information content (AvgIpc) is 3.16. The zero-order valence-electron chi connectivity index (χ0n) is 33.7. The Hall–Kier alpha value is -3.63. The minimum atomic E-state index is -4.81. The van der Waals surface area contributed by atoms with Crippen LogP contribution < -0.4 is 0 Å². The van der Waals surface area contributed by atoms with Crippen LogP contribution in [0.4, 0.5) is 0 Å². The van der Waals surface area contributed by atoms with Crippen LogP contribution in [-0.2, 0) is 28.2 Å². The lowest BCUT2D eigenvalue weighted by atomic mass is 10.1. The van der Waals surface area contributed by atoms with Crippen molar-refractivity contribution in [2.75, 3.05) is 13.2 Å². The van der Waals surface area contributed by atoms with E-state index < -0.39 is 44.7 Å². The second kappa shape index (κ2) is 38.3. The van der Waals surface area contributed by atoms with Crippen molar-refractivity contribution in [2.24, 2.45) is 0 Å². The molecule has 56 heavy (non-hydrogen) atoms. The van der Waals surface area contributed by atoms with Crippen molar-refractivity contribution in [2.45, 2.75) is 135 Å². The maximum absolute atomic E-state index is 12.4. The summed E-state index contributed by atoms with van der Waals surface area (Å²) in [6.07, 6.45) is 48.5. The molecule has 3 atom stereocenters. The van der Waals surface area contributed by atoms with Crippen molar-refractivity contribution in [3.05, 3.63) is 122 Å². The fourth-order valence-corrected chi connectivity index (χ4v) is 5.04. The summed E-state index contributed by atoms with van der Waals surface area (Å²) in [4.78, 5) is 42.8. The third-order valence-corrected chi connectivity index (χ3v) is 8.14. The number of unbranched alkanes of at least 4 members (excludes halogenated alkanes) is 4. The van der Waals surface area contributed by atoms with Crippen LogP contribution in [0.1, 0.15) is 117 Å². The molecule has 0 heterocycles. The molecule has 10 nitrogen and oxygen atoms in total. The highest BCUT2D eigenvalue weighted by atomic mass is 31.2. The summed E-state index contributed by atoms with van der Waals surface area (Å²) >= 11 is 0. The molecule has 0 saturated heterocycles. The smallest absolute Gasteiger partial charge is 0.462 e. The number of allylic oxidation sites excluding steroid dienone is 16. The molecule has 0 aromatic carbocycles. The molecule has 0 aliphatic rings. The van der Waals surface area contributed by atoms with Gasteiger partial charge in [0.15, 0.2) is 6.10 Å². The first kappa shape index (κ1) is 52.4. The first-order valence-electron chi connectivity index (χ1n) is 20.0. The highest BCUT2D eigenvalue weighted by Crippen LogP contribution is 2.36. The topological polar surface area (TPSA) is 160 Å². The summed E-state index contributed by atoms with van der Waals surface area (Å²) < 4.78 is 26.2. The van der Waals surface area contributed by atoms with E-state index in [0.717, 1.165) is 57.8 Å². The van der Waals surface area contributed by atoms with Gasteiger partial charge in [0.2, 0.25) is 0 Å². The second-order valence-electron chi connectivity index (χ2n) is 12.9. The van der Waals surface area contributed by atoms with Crippen LogP contribution in [0, 0.1) is 0 Å². The molecule has 0 amide bonds. The van der Waals surface area contributed by atoms with Crippen molar-refractivity contribution in [3.63, 3.8) is 0 Å². The van der Waals surface area contributed by atoms with Crippen LogP contribution in [0.25, 0.3) is 0 Å². The van der Waals surface area contributed by atoms with Gasteiger partial charge in [0.05, 0.1) is 18.8 Å². The van der Waals surface area contributed by atoms with Crippen LogP contribution in [0.15, 0.2) is 122 Å². The van der Waals surface area contributed by atoms with E-state index in [1.54, 1.807) is 36.5 Å². The normalized spacial score (nSPS) is 14.9. The van der Waals surface area contributed by atoms with Crippen molar-refractivity contribution in [3.8, 4) is 0 Å². The number of aliphatic hydroxyl groups is 2. The second-order valence-corrected chi connectivity index (χ2v) is 14.1. The maximum Gasteiger partial charge on any atom is 0.469 e. The van der Waals surface area contributed by atoms with Gasteiger partial charge in [-0.3, -0.25) is 14.1 Å². The van der Waals surface area contributed by atoms with Gasteiger partial charge < -0.3 is 29.5 Å². The van der Waals surface area contributed by atoms with Gasteiger partial charge in [-0.25, -0.2) is 4.57 Å². The van der Waals surface area contributed by atoms with Gasteiger partial charge >= 0.3 is 19.8 Å². The molecular formula is C45H69O10P. The molecule has 314 valence electrons. The monoisotopic (exact) mass is 800 g/mol. The number of ether oxygens (including phenoxy) is 2. The van der Waals surface area contributed by atoms with Gasteiger partial charge in [-0.1, -0.05) is 148 Å². The van der Waals surface area contributed by atoms with Gasteiger partial charge in [0.25, 0.3) is 0 Å². The molecule has 0 aromatic heterocycles. The minimum Gasteiger partial charge on any atom is -0.462 e. The first-order valence-corrected chi connectivity index (χ1v) is 21.6. The molecule has 0 saturated carbocycles. The van der Waals surface area contributed by atoms with Crippen molar-refractivity contribution < 1.29 is 48.2 Å². The third kappa shape index (κ3) is 40.0. The van der Waals surface area contributed by atoms with E-state index in [9.17, 15) is 24.4 Å². The Labute approximate surface area is 336 Å². The zero-order chi connectivity index (χ0) is 41.4. The third-order valence-electron chi connectivity index (χ3n) is 7.66. The molecule has 0 aliphatic carbocycles. The predicted molar refractivity (Wildman–Crippen MR) is 227 cm³/mol. The molecule has 0 bridgehead atoms. The predicted octanol–water partition coefficient (Wildman–Crippen LogP) is 10.1. The van der Waals surface area contributed by atoms with Gasteiger partial charge in [0.1, 0.15) is 6.61 Å². The molecule has 0 aromatic rings. The number of rotatable bonds is 34. The summed E-state index contributed by atoms with van der Waals surface area (Å²) in [5, 5.41) is 19.9. The molecule has 0 fully saturated rings. The van der Waals surface area contributed by atoms with Crippen molar-refractivity contribution in [1.82, 2.24) is 0 Å². The van der Waals surface area contributed by atoms with Crippen LogP contribution >= 0.6 is 7.82 Å². The van der Waals surface area contributed by atoms with Gasteiger partial charge in [-0.2, -0.15) is 0 Å². The summed E-state index contributed by atoms with van der Waals surface area (Å²) in [5.74, 6) is -1.10. The highest BCUT2D eigenvalue weighted by molar-refractivity contribution is 7.46. The van der Waals surface area contributed by atoms with Crippen LogP contribution in [0.2, 0.25) is 0 Å². The number of phosphoric ester groups is 1. The zero-order valence-corrected chi connectivity index (χ0v) is 34.6. The van der Waals surface area contributed by atoms with E-state index in [0.29, 0.717) is 32.1 Å². The molecule has 0 aliphatic heterocycles. The van der Waals surface area contributed by atoms with E-state index in [4.69, 9.17) is 19.3 Å². The number of hydrogen-bond donors (Lipinski definition) is 4. The molecule has 11 heteroatoms. The standard InChI is InChI=1S/C45H69O10P/c1-3-5-7-8-9-10-11-12-13-14-15-16-17-18-19-24-32-38-45(49)55-43(40-54-56(50,51)52)39-53-44(48)37-31-23-21-20-22-28-34-42(47)36-30-26-25-29-35-41(46)33-27-6-4-2/h5-7,9-10,12-13,15-16,21-23,25-30,35-36,41-43,46-47H,3-4,8,11,14,17-20,24,31-34,37-40H2,1-2H3,(H2,50,51,52)/b7-5-,10-9-,13-12-,16-15-,23-21-,26-25-,27-6-,28-22-,35-29+,36-30+/t41-,42+,43-/m1/s1. The molecule has 0 rings (SSSR count). The number of carbonyl (C=O) groups excluding carboxylic acids is 2. The number of esters is 2. The van der Waals surface area contributed by atoms with E-state index in [-0.39, 0.29) is 19.4 Å². The Morgan fingerprint density at radius 1 is 0.554 bits per heavy atom. The average molecular weight is 801 g/mol. The van der Waals surface area contributed by atoms with E-state index >= 15 is 0 Å². The lowest BCUT2D eigenvalue weighted by Crippen LogP contribution is -2.29. The molecular weight excluding hydrogens is 731 g/mol. The fourth-order valence-electron chi connectivity index (χ4n) is 4.68. The lowest BCUT2D eigenvalue weighted by molar-refractivity contribution is -0.161. The summed E-state index contributed by atoms with van der Waals surface area (Å²) in [5.41, 5.74) is 0. The number of hydrogen-bond acceptors (Lipinski definition) is 8. The van der Waals surface area contributed by atoms with Crippen molar-refractivity contribution >= 4 is 19.8 Å². The number of carbonyl (C=O) groups is 2. The van der Waals surface area contributed by atoms with Gasteiger partial charge in [0, 0.05) is 12.8 Å². The van der Waals surface area contributed by atoms with Crippen LogP contribution in [0.3, 0.4) is 0 Å². The SMILES string of the molecule is CC/C=C\C/C=C\C/C=C\C/C=C\CCCCCCC(=O)O[C@H](COC(=O)CC/C=C\C/C=C\C[C@H](O)/C=C/C=C\C=C\[C@H](O)C/C=C\CC)COP(=O)(O)O. The minimum absolute atomic E-state index is 0.0717. The molecule has 0 radical (unpaired) electrons. The fraction of sp³-hybridized carbons (Fsp3) is 0.511. The van der Waals surface area contributed by atoms with Crippen LogP contribution in [0.5, 0.6) is 0 Å². The molecule has 0 unspecified atom stereocenters. The quantitative estimate of drug-likeness (QED) is 0.0162. The van der Waals surface area contributed by atoms with Gasteiger partial charge in [-0.15, -0.1) is 0 Å². The Morgan fingerprint density at radius 2 is 1.04 bits per heavy atom. The highest BCUT2D eigenvalue weighted by Gasteiger charge is 2.22. The first-order chi connectivity index (χ1) is 27.1. The molecule has 0 spiro atoms. The summed E-state index contributed by atoms with van der Waals surface area (Å²) in [6.45, 7) is 3.18.